The average Bonchev–Trinajstić information content (AvgIpc) is 2.87. The molecular formula is C18H27FN2O2. The van der Waals surface area contributed by atoms with Crippen molar-refractivity contribution < 1.29 is 13.9 Å². The first-order chi connectivity index (χ1) is 10.8. The third-order valence-corrected chi connectivity index (χ3v) is 4.39. The number of likely N-dealkylation sites (N-methyl/N-ethyl adjacent to an activating group) is 1. The standard InChI is InChI=1S/C18H27FN2O2/c1-12(2)23-11-15-8-14(6-7-16(15)19)18(22)21-9-13(3)17(10-21)20(4)5/h6-8,12-13,17H,9-11H2,1-5H3/t13-,17-/m1/s1. The molecule has 0 saturated carbocycles. The summed E-state index contributed by atoms with van der Waals surface area (Å²) in [6, 6.07) is 4.90. The van der Waals surface area contributed by atoms with Gasteiger partial charge in [0.15, 0.2) is 0 Å². The monoisotopic (exact) mass is 322 g/mol. The van der Waals surface area contributed by atoms with Crippen molar-refractivity contribution in [1.82, 2.24) is 9.80 Å². The van der Waals surface area contributed by atoms with Crippen LogP contribution in [-0.2, 0) is 11.3 Å². The van der Waals surface area contributed by atoms with E-state index in [0.29, 0.717) is 29.6 Å². The number of nitrogens with zero attached hydrogens (tertiary/aromatic N) is 2. The van der Waals surface area contributed by atoms with E-state index in [0.717, 1.165) is 6.54 Å². The maximum absolute atomic E-state index is 13.9. The molecule has 0 bridgehead atoms. The van der Waals surface area contributed by atoms with Crippen LogP contribution in [0.25, 0.3) is 0 Å². The van der Waals surface area contributed by atoms with Crippen LogP contribution < -0.4 is 0 Å². The highest BCUT2D eigenvalue weighted by atomic mass is 19.1. The summed E-state index contributed by atoms with van der Waals surface area (Å²) in [6.45, 7) is 7.59. The lowest BCUT2D eigenvalue weighted by molar-refractivity contribution is 0.0638. The van der Waals surface area contributed by atoms with E-state index in [1.807, 2.05) is 32.8 Å². The van der Waals surface area contributed by atoms with E-state index in [1.165, 1.54) is 6.07 Å². The van der Waals surface area contributed by atoms with Crippen LogP contribution in [0.3, 0.4) is 0 Å². The fraction of sp³-hybridized carbons (Fsp3) is 0.611. The Morgan fingerprint density at radius 2 is 2.09 bits per heavy atom. The van der Waals surface area contributed by atoms with Crippen molar-refractivity contribution >= 4 is 5.91 Å². The average molecular weight is 322 g/mol. The minimum atomic E-state index is -0.330. The van der Waals surface area contributed by atoms with Crippen molar-refractivity contribution in [3.05, 3.63) is 35.1 Å². The molecule has 1 amide bonds. The Labute approximate surface area is 138 Å². The largest absolute Gasteiger partial charge is 0.374 e. The summed E-state index contributed by atoms with van der Waals surface area (Å²) in [5, 5.41) is 0. The van der Waals surface area contributed by atoms with Crippen LogP contribution in [0.2, 0.25) is 0 Å². The number of rotatable bonds is 5. The Morgan fingerprint density at radius 3 is 2.65 bits per heavy atom. The molecule has 2 rings (SSSR count). The van der Waals surface area contributed by atoms with Gasteiger partial charge in [-0.3, -0.25) is 4.79 Å². The SMILES string of the molecule is CC(C)OCc1cc(C(=O)N2C[C@@H](C)[C@H](N(C)C)C2)ccc1F. The van der Waals surface area contributed by atoms with Gasteiger partial charge in [0, 0.05) is 30.3 Å². The van der Waals surface area contributed by atoms with Crippen LogP contribution >= 0.6 is 0 Å². The second kappa shape index (κ2) is 7.41. The Kier molecular flexibility index (Phi) is 5.76. The molecular weight excluding hydrogens is 295 g/mol. The van der Waals surface area contributed by atoms with Gasteiger partial charge in [0.2, 0.25) is 0 Å². The van der Waals surface area contributed by atoms with Gasteiger partial charge in [0.25, 0.3) is 5.91 Å². The van der Waals surface area contributed by atoms with Crippen LogP contribution in [0.5, 0.6) is 0 Å². The van der Waals surface area contributed by atoms with E-state index in [9.17, 15) is 9.18 Å². The highest BCUT2D eigenvalue weighted by molar-refractivity contribution is 5.94. The van der Waals surface area contributed by atoms with Crippen LogP contribution in [0.1, 0.15) is 36.7 Å². The number of halogens is 1. The lowest BCUT2D eigenvalue weighted by Crippen LogP contribution is -2.35. The topological polar surface area (TPSA) is 32.8 Å². The summed E-state index contributed by atoms with van der Waals surface area (Å²) in [5.74, 6) is 0.0632. The number of amides is 1. The lowest BCUT2D eigenvalue weighted by Gasteiger charge is -2.22. The first-order valence-electron chi connectivity index (χ1n) is 8.15. The first kappa shape index (κ1) is 17.9. The predicted molar refractivity (Wildman–Crippen MR) is 88.9 cm³/mol. The van der Waals surface area contributed by atoms with Crippen LogP contribution in [0.4, 0.5) is 4.39 Å². The van der Waals surface area contributed by atoms with Gasteiger partial charge < -0.3 is 14.5 Å². The molecule has 1 aromatic carbocycles. The third-order valence-electron chi connectivity index (χ3n) is 4.39. The van der Waals surface area contributed by atoms with Crippen molar-refractivity contribution in [1.29, 1.82) is 0 Å². The maximum Gasteiger partial charge on any atom is 0.253 e. The number of hydrogen-bond donors (Lipinski definition) is 0. The summed E-state index contributed by atoms with van der Waals surface area (Å²) < 4.78 is 19.3. The molecule has 1 aliphatic rings. The molecule has 1 saturated heterocycles. The summed E-state index contributed by atoms with van der Waals surface area (Å²) in [4.78, 5) is 16.7. The molecule has 1 aromatic rings. The van der Waals surface area contributed by atoms with Gasteiger partial charge in [-0.25, -0.2) is 4.39 Å². The van der Waals surface area contributed by atoms with E-state index in [-0.39, 0.29) is 24.4 Å². The number of carbonyl (C=O) groups is 1. The van der Waals surface area contributed by atoms with E-state index >= 15 is 0 Å². The van der Waals surface area contributed by atoms with Crippen LogP contribution in [0, 0.1) is 11.7 Å². The van der Waals surface area contributed by atoms with Gasteiger partial charge in [0.1, 0.15) is 5.82 Å². The zero-order chi connectivity index (χ0) is 17.1. The Hall–Kier alpha value is -1.46. The van der Waals surface area contributed by atoms with Crippen molar-refractivity contribution in [2.24, 2.45) is 5.92 Å². The number of ether oxygens (including phenoxy) is 1. The minimum absolute atomic E-state index is 0.0223. The van der Waals surface area contributed by atoms with Crippen LogP contribution in [-0.4, -0.2) is 55.0 Å². The van der Waals surface area contributed by atoms with Gasteiger partial charge in [-0.1, -0.05) is 6.92 Å². The van der Waals surface area contributed by atoms with Crippen molar-refractivity contribution in [3.8, 4) is 0 Å². The Morgan fingerprint density at radius 1 is 1.39 bits per heavy atom. The second-order valence-electron chi connectivity index (χ2n) is 6.88. The molecule has 5 heteroatoms. The van der Waals surface area contributed by atoms with E-state index in [1.54, 1.807) is 12.1 Å². The molecule has 23 heavy (non-hydrogen) atoms. The molecule has 2 atom stereocenters. The minimum Gasteiger partial charge on any atom is -0.374 e. The molecule has 1 aliphatic heterocycles. The molecule has 128 valence electrons. The molecule has 4 nitrogen and oxygen atoms in total. The maximum atomic E-state index is 13.9. The number of carbonyl (C=O) groups excluding carboxylic acids is 1. The van der Waals surface area contributed by atoms with Crippen molar-refractivity contribution in [2.45, 2.75) is 39.5 Å². The van der Waals surface area contributed by atoms with Gasteiger partial charge in [0.05, 0.1) is 12.7 Å². The molecule has 1 fully saturated rings. The Bertz CT molecular complexity index is 560. The smallest absolute Gasteiger partial charge is 0.253 e. The Balaban J connectivity index is 2.12. The lowest BCUT2D eigenvalue weighted by atomic mass is 10.1. The van der Waals surface area contributed by atoms with E-state index in [4.69, 9.17) is 4.74 Å². The number of benzene rings is 1. The van der Waals surface area contributed by atoms with E-state index in [2.05, 4.69) is 11.8 Å². The summed E-state index contributed by atoms with van der Waals surface area (Å²) in [6.07, 6.45) is 0.0223. The normalized spacial score (nSPS) is 21.5. The zero-order valence-electron chi connectivity index (χ0n) is 14.7. The number of likely N-dealkylation sites (tertiary alicyclic amines) is 1. The highest BCUT2D eigenvalue weighted by Gasteiger charge is 2.34. The summed E-state index contributed by atoms with van der Waals surface area (Å²) in [5.41, 5.74) is 0.960. The number of hydrogen-bond acceptors (Lipinski definition) is 3. The molecule has 1 heterocycles. The molecule has 0 radical (unpaired) electrons. The molecule has 0 N–H and O–H groups in total. The molecule has 0 unspecified atom stereocenters. The van der Waals surface area contributed by atoms with Gasteiger partial charge in [-0.05, 0) is 52.1 Å². The zero-order valence-corrected chi connectivity index (χ0v) is 14.7. The predicted octanol–water partition coefficient (Wildman–Crippen LogP) is 2.77. The summed E-state index contributed by atoms with van der Waals surface area (Å²) in [7, 11) is 4.07. The molecule has 0 spiro atoms. The van der Waals surface area contributed by atoms with Crippen molar-refractivity contribution in [2.75, 3.05) is 27.2 Å². The first-order valence-corrected chi connectivity index (χ1v) is 8.15. The van der Waals surface area contributed by atoms with Gasteiger partial charge in [-0.2, -0.15) is 0 Å². The molecule has 0 aromatic heterocycles. The van der Waals surface area contributed by atoms with Crippen molar-refractivity contribution in [3.63, 3.8) is 0 Å². The fourth-order valence-corrected chi connectivity index (χ4v) is 3.05. The quantitative estimate of drug-likeness (QED) is 0.836. The third kappa shape index (κ3) is 4.30. The fourth-order valence-electron chi connectivity index (χ4n) is 3.05. The van der Waals surface area contributed by atoms with Crippen LogP contribution in [0.15, 0.2) is 18.2 Å². The van der Waals surface area contributed by atoms with E-state index < -0.39 is 0 Å². The summed E-state index contributed by atoms with van der Waals surface area (Å²) >= 11 is 0. The second-order valence-corrected chi connectivity index (χ2v) is 6.88. The highest BCUT2D eigenvalue weighted by Crippen LogP contribution is 2.23. The van der Waals surface area contributed by atoms with Gasteiger partial charge in [-0.15, -0.1) is 0 Å². The molecule has 0 aliphatic carbocycles. The van der Waals surface area contributed by atoms with Gasteiger partial charge >= 0.3 is 0 Å².